The van der Waals surface area contributed by atoms with Crippen LogP contribution in [0.4, 0.5) is 5.13 Å². The normalized spacial score (nSPS) is 13.4. The van der Waals surface area contributed by atoms with Gasteiger partial charge in [0.1, 0.15) is 5.82 Å². The van der Waals surface area contributed by atoms with Crippen LogP contribution in [-0.2, 0) is 0 Å². The predicted molar refractivity (Wildman–Crippen MR) is 71.6 cm³/mol. The van der Waals surface area contributed by atoms with Crippen molar-refractivity contribution >= 4 is 28.3 Å². The fourth-order valence-electron chi connectivity index (χ4n) is 1.43. The predicted octanol–water partition coefficient (Wildman–Crippen LogP) is 3.73. The van der Waals surface area contributed by atoms with Crippen LogP contribution in [-0.4, -0.2) is 21.3 Å². The van der Waals surface area contributed by atoms with E-state index in [2.05, 4.69) is 42.4 Å². The zero-order valence-corrected chi connectivity index (χ0v) is 11.9. The summed E-state index contributed by atoms with van der Waals surface area (Å²) in [5.41, 5.74) is 0. The van der Waals surface area contributed by atoms with Gasteiger partial charge in [-0.3, -0.25) is 0 Å². The Labute approximate surface area is 107 Å². The lowest BCUT2D eigenvalue weighted by Gasteiger charge is -2.16. The van der Waals surface area contributed by atoms with Crippen LogP contribution in [0.25, 0.3) is 0 Å². The molecule has 92 valence electrons. The van der Waals surface area contributed by atoms with E-state index in [9.17, 15) is 0 Å². The lowest BCUT2D eigenvalue weighted by atomic mass is 10.1. The number of nitrogens with zero attached hydrogens (tertiary/aromatic N) is 2. The molecule has 0 saturated heterocycles. The van der Waals surface area contributed by atoms with Gasteiger partial charge in [-0.2, -0.15) is 4.37 Å². The zero-order chi connectivity index (χ0) is 12.1. The van der Waals surface area contributed by atoms with E-state index in [4.69, 9.17) is 11.6 Å². The van der Waals surface area contributed by atoms with Crippen LogP contribution in [0.3, 0.4) is 0 Å². The topological polar surface area (TPSA) is 37.8 Å². The molecule has 16 heavy (non-hydrogen) atoms. The molecule has 1 aromatic heterocycles. The SMILES string of the molecule is CC(C)CC(CCl)Nc1nc(C(C)C)ns1. The van der Waals surface area contributed by atoms with Gasteiger partial charge >= 0.3 is 0 Å². The van der Waals surface area contributed by atoms with Crippen molar-refractivity contribution in [3.05, 3.63) is 5.82 Å². The quantitative estimate of drug-likeness (QED) is 0.793. The van der Waals surface area contributed by atoms with Gasteiger partial charge in [0.25, 0.3) is 0 Å². The van der Waals surface area contributed by atoms with E-state index in [0.29, 0.717) is 17.7 Å². The highest BCUT2D eigenvalue weighted by Gasteiger charge is 2.13. The second kappa shape index (κ2) is 6.40. The highest BCUT2D eigenvalue weighted by atomic mass is 35.5. The Morgan fingerprint density at radius 1 is 1.31 bits per heavy atom. The molecule has 1 atom stereocenters. The first kappa shape index (κ1) is 13.7. The number of nitrogens with one attached hydrogen (secondary N) is 1. The van der Waals surface area contributed by atoms with Crippen LogP contribution < -0.4 is 5.32 Å². The van der Waals surface area contributed by atoms with E-state index in [1.54, 1.807) is 0 Å². The maximum absolute atomic E-state index is 5.92. The summed E-state index contributed by atoms with van der Waals surface area (Å²) in [6.45, 7) is 8.58. The summed E-state index contributed by atoms with van der Waals surface area (Å²) in [6.07, 6.45) is 1.06. The van der Waals surface area contributed by atoms with Crippen molar-refractivity contribution in [1.82, 2.24) is 9.36 Å². The maximum Gasteiger partial charge on any atom is 0.202 e. The van der Waals surface area contributed by atoms with E-state index in [1.165, 1.54) is 11.5 Å². The zero-order valence-electron chi connectivity index (χ0n) is 10.3. The van der Waals surface area contributed by atoms with Gasteiger partial charge < -0.3 is 5.32 Å². The minimum atomic E-state index is 0.287. The number of hydrogen-bond acceptors (Lipinski definition) is 4. The summed E-state index contributed by atoms with van der Waals surface area (Å²) in [4.78, 5) is 4.44. The number of halogens is 1. The minimum absolute atomic E-state index is 0.287. The fraction of sp³-hybridized carbons (Fsp3) is 0.818. The standard InChI is InChI=1S/C11H20ClN3S/c1-7(2)5-9(6-12)13-11-14-10(8(3)4)15-16-11/h7-9H,5-6H2,1-4H3,(H,13,14,15). The first-order chi connectivity index (χ1) is 7.52. The molecule has 0 aromatic carbocycles. The van der Waals surface area contributed by atoms with Gasteiger partial charge in [0.15, 0.2) is 0 Å². The summed E-state index contributed by atoms with van der Waals surface area (Å²) < 4.78 is 4.31. The molecule has 0 aliphatic rings. The molecule has 0 spiro atoms. The molecular formula is C11H20ClN3S. The second-order valence-corrected chi connectivity index (χ2v) is 5.80. The monoisotopic (exact) mass is 261 g/mol. The first-order valence-electron chi connectivity index (χ1n) is 5.69. The number of alkyl halides is 1. The van der Waals surface area contributed by atoms with Crippen LogP contribution in [0.2, 0.25) is 0 Å². The lowest BCUT2D eigenvalue weighted by Crippen LogP contribution is -2.23. The van der Waals surface area contributed by atoms with Gasteiger partial charge in [0, 0.05) is 29.4 Å². The highest BCUT2D eigenvalue weighted by Crippen LogP contribution is 2.19. The third kappa shape index (κ3) is 4.26. The van der Waals surface area contributed by atoms with Crippen molar-refractivity contribution in [1.29, 1.82) is 0 Å². The molecule has 1 unspecified atom stereocenters. The van der Waals surface area contributed by atoms with Crippen molar-refractivity contribution in [2.75, 3.05) is 11.2 Å². The van der Waals surface area contributed by atoms with Gasteiger partial charge in [-0.1, -0.05) is 27.7 Å². The Bertz CT molecular complexity index is 312. The molecule has 0 aliphatic carbocycles. The van der Waals surface area contributed by atoms with Gasteiger partial charge in [0.05, 0.1) is 0 Å². The Morgan fingerprint density at radius 2 is 2.00 bits per heavy atom. The van der Waals surface area contributed by atoms with E-state index in [1.807, 2.05) is 0 Å². The third-order valence-corrected chi connectivity index (χ3v) is 3.26. The van der Waals surface area contributed by atoms with E-state index in [0.717, 1.165) is 17.4 Å². The fourth-order valence-corrected chi connectivity index (χ4v) is 2.42. The van der Waals surface area contributed by atoms with Crippen molar-refractivity contribution in [2.24, 2.45) is 5.92 Å². The molecule has 0 radical (unpaired) electrons. The molecule has 0 amide bonds. The third-order valence-electron chi connectivity index (χ3n) is 2.23. The maximum atomic E-state index is 5.92. The van der Waals surface area contributed by atoms with Crippen molar-refractivity contribution in [3.63, 3.8) is 0 Å². The Kier molecular flexibility index (Phi) is 5.49. The Morgan fingerprint density at radius 3 is 2.44 bits per heavy atom. The number of aromatic nitrogens is 2. The molecule has 0 fully saturated rings. The van der Waals surface area contributed by atoms with Crippen molar-refractivity contribution in [2.45, 2.75) is 46.1 Å². The number of hydrogen-bond donors (Lipinski definition) is 1. The summed E-state index contributed by atoms with van der Waals surface area (Å²) in [5, 5.41) is 4.23. The molecular weight excluding hydrogens is 242 g/mol. The lowest BCUT2D eigenvalue weighted by molar-refractivity contribution is 0.542. The van der Waals surface area contributed by atoms with Gasteiger partial charge in [-0.15, -0.1) is 11.6 Å². The Hall–Kier alpha value is -0.350. The van der Waals surface area contributed by atoms with Crippen LogP contribution in [0.15, 0.2) is 0 Å². The molecule has 1 N–H and O–H groups in total. The molecule has 1 heterocycles. The molecule has 1 rings (SSSR count). The molecule has 5 heteroatoms. The Balaban J connectivity index is 2.56. The smallest absolute Gasteiger partial charge is 0.202 e. The van der Waals surface area contributed by atoms with E-state index >= 15 is 0 Å². The van der Waals surface area contributed by atoms with Crippen LogP contribution in [0, 0.1) is 5.92 Å². The van der Waals surface area contributed by atoms with E-state index < -0.39 is 0 Å². The van der Waals surface area contributed by atoms with Crippen molar-refractivity contribution < 1.29 is 0 Å². The van der Waals surface area contributed by atoms with Crippen molar-refractivity contribution in [3.8, 4) is 0 Å². The van der Waals surface area contributed by atoms with Crippen LogP contribution >= 0.6 is 23.1 Å². The van der Waals surface area contributed by atoms with Crippen LogP contribution in [0.5, 0.6) is 0 Å². The van der Waals surface area contributed by atoms with Gasteiger partial charge in [-0.25, -0.2) is 4.98 Å². The molecule has 0 bridgehead atoms. The highest BCUT2D eigenvalue weighted by molar-refractivity contribution is 7.09. The molecule has 3 nitrogen and oxygen atoms in total. The number of anilines is 1. The van der Waals surface area contributed by atoms with Crippen LogP contribution in [0.1, 0.15) is 45.9 Å². The molecule has 0 aliphatic heterocycles. The minimum Gasteiger partial charge on any atom is -0.356 e. The number of rotatable bonds is 6. The summed E-state index contributed by atoms with van der Waals surface area (Å²) in [6, 6.07) is 0.287. The average molecular weight is 262 g/mol. The first-order valence-corrected chi connectivity index (χ1v) is 6.99. The summed E-state index contributed by atoms with van der Waals surface area (Å²) in [5.74, 6) is 2.53. The van der Waals surface area contributed by atoms with Gasteiger partial charge in [-0.05, 0) is 12.3 Å². The summed E-state index contributed by atoms with van der Waals surface area (Å²) >= 11 is 7.34. The molecule has 1 aromatic rings. The largest absolute Gasteiger partial charge is 0.356 e. The van der Waals surface area contributed by atoms with E-state index in [-0.39, 0.29) is 6.04 Å². The average Bonchev–Trinajstić information content (AvgIpc) is 2.64. The van der Waals surface area contributed by atoms with Gasteiger partial charge in [0.2, 0.25) is 5.13 Å². The molecule has 0 saturated carbocycles. The second-order valence-electron chi connectivity index (χ2n) is 4.74. The summed E-state index contributed by atoms with van der Waals surface area (Å²) in [7, 11) is 0.